The molecule has 0 amide bonds. The van der Waals surface area contributed by atoms with E-state index in [2.05, 4.69) is 38.7 Å². The maximum atomic E-state index is 10.8. The molecular formula is C16H25N2O2S-. The molecule has 1 heterocycles. The van der Waals surface area contributed by atoms with Gasteiger partial charge < -0.3 is 9.90 Å². The summed E-state index contributed by atoms with van der Waals surface area (Å²) in [4.78, 5) is 17.2. The lowest BCUT2D eigenvalue weighted by molar-refractivity contribution is -0.306. The van der Waals surface area contributed by atoms with E-state index in [1.165, 1.54) is 5.56 Å². The maximum absolute atomic E-state index is 10.8. The van der Waals surface area contributed by atoms with Crippen molar-refractivity contribution in [3.63, 3.8) is 0 Å². The number of pyridine rings is 1. The van der Waals surface area contributed by atoms with Gasteiger partial charge in [-0.05, 0) is 22.8 Å². The van der Waals surface area contributed by atoms with Crippen LogP contribution in [0.5, 0.6) is 0 Å². The lowest BCUT2D eigenvalue weighted by atomic mass is 9.88. The highest BCUT2D eigenvalue weighted by Crippen LogP contribution is 2.21. The quantitative estimate of drug-likeness (QED) is 0.684. The number of nitrogens with zero attached hydrogens (tertiary/aromatic N) is 2. The second kappa shape index (κ2) is 8.39. The predicted molar refractivity (Wildman–Crippen MR) is 86.2 cm³/mol. The van der Waals surface area contributed by atoms with Crippen LogP contribution in [0.25, 0.3) is 0 Å². The Balaban J connectivity index is 2.66. The van der Waals surface area contributed by atoms with Crippen LogP contribution in [0.15, 0.2) is 18.3 Å². The maximum Gasteiger partial charge on any atom is 0.0555 e. The molecule has 0 atom stereocenters. The third-order valence-electron chi connectivity index (χ3n) is 3.19. The Labute approximate surface area is 132 Å². The minimum atomic E-state index is -1.04. The van der Waals surface area contributed by atoms with Gasteiger partial charge >= 0.3 is 0 Å². The van der Waals surface area contributed by atoms with Gasteiger partial charge in [-0.2, -0.15) is 11.8 Å². The summed E-state index contributed by atoms with van der Waals surface area (Å²) in [5.74, 6) is 0.921. The smallest absolute Gasteiger partial charge is 0.0555 e. The van der Waals surface area contributed by atoms with Crippen LogP contribution in [0.1, 0.15) is 39.0 Å². The second-order valence-electron chi connectivity index (χ2n) is 6.07. The molecular weight excluding hydrogens is 284 g/mol. The van der Waals surface area contributed by atoms with Crippen molar-refractivity contribution >= 4 is 17.7 Å². The number of rotatable bonds is 8. The van der Waals surface area contributed by atoms with Crippen LogP contribution < -0.4 is 5.11 Å². The molecule has 1 aromatic rings. The van der Waals surface area contributed by atoms with E-state index in [1.54, 1.807) is 11.8 Å². The highest BCUT2D eigenvalue weighted by molar-refractivity contribution is 7.99. The summed E-state index contributed by atoms with van der Waals surface area (Å²) < 4.78 is 0. The second-order valence-corrected chi connectivity index (χ2v) is 7.46. The largest absolute Gasteiger partial charge is 0.549 e. The Kier molecular flexibility index (Phi) is 7.18. The fourth-order valence-corrected chi connectivity index (χ4v) is 2.60. The lowest BCUT2D eigenvalue weighted by Crippen LogP contribution is -2.39. The number of hydrogen-bond acceptors (Lipinski definition) is 5. The van der Waals surface area contributed by atoms with E-state index in [4.69, 9.17) is 0 Å². The van der Waals surface area contributed by atoms with Crippen LogP contribution in [0, 0.1) is 0 Å². The third-order valence-corrected chi connectivity index (χ3v) is 4.06. The van der Waals surface area contributed by atoms with Crippen LogP contribution in [-0.2, 0) is 16.8 Å². The average Bonchev–Trinajstić information content (AvgIpc) is 2.37. The number of thioether (sulfide) groups is 1. The van der Waals surface area contributed by atoms with Crippen LogP contribution in [0.3, 0.4) is 0 Å². The first-order valence-electron chi connectivity index (χ1n) is 7.28. The summed E-state index contributed by atoms with van der Waals surface area (Å²) in [5, 5.41) is 10.8. The molecule has 0 fully saturated rings. The van der Waals surface area contributed by atoms with E-state index in [0.29, 0.717) is 6.54 Å². The van der Waals surface area contributed by atoms with Gasteiger partial charge in [0.15, 0.2) is 0 Å². The van der Waals surface area contributed by atoms with E-state index in [0.717, 1.165) is 23.7 Å². The first kappa shape index (κ1) is 18.0. The number of carboxylic acid groups (broad SMARTS) is 1. The van der Waals surface area contributed by atoms with Gasteiger partial charge in [-0.3, -0.25) is 9.88 Å². The predicted octanol–water partition coefficient (Wildman–Crippen LogP) is 1.68. The van der Waals surface area contributed by atoms with Gasteiger partial charge in [0.25, 0.3) is 0 Å². The van der Waals surface area contributed by atoms with Gasteiger partial charge in [-0.1, -0.05) is 33.8 Å². The average molecular weight is 309 g/mol. The zero-order chi connectivity index (χ0) is 15.9. The molecule has 0 bridgehead atoms. The highest BCUT2D eigenvalue weighted by atomic mass is 32.2. The summed E-state index contributed by atoms with van der Waals surface area (Å²) >= 11 is 1.80. The summed E-state index contributed by atoms with van der Waals surface area (Å²) in [6, 6.07) is 4.05. The highest BCUT2D eigenvalue weighted by Gasteiger charge is 2.14. The van der Waals surface area contributed by atoms with E-state index in [-0.39, 0.29) is 12.0 Å². The molecule has 0 spiro atoms. The standard InChI is InChI=1S/C16H26N2O2S/c1-5-21-9-8-18(12-15(19)20)11-14-7-6-13(10-17-14)16(2,3)4/h6-7,10H,5,8-9,11-12H2,1-4H3,(H,19,20)/p-1. The molecule has 0 saturated heterocycles. The summed E-state index contributed by atoms with van der Waals surface area (Å²) in [5.41, 5.74) is 2.15. The van der Waals surface area contributed by atoms with Crippen LogP contribution in [0.2, 0.25) is 0 Å². The molecule has 5 heteroatoms. The van der Waals surface area contributed by atoms with Gasteiger partial charge in [0.05, 0.1) is 11.7 Å². The Morgan fingerprint density at radius 2 is 2.10 bits per heavy atom. The molecule has 0 saturated carbocycles. The van der Waals surface area contributed by atoms with E-state index in [1.807, 2.05) is 17.2 Å². The zero-order valence-electron chi connectivity index (χ0n) is 13.4. The molecule has 0 aliphatic carbocycles. The normalized spacial score (nSPS) is 11.9. The molecule has 4 nitrogen and oxygen atoms in total. The molecule has 1 rings (SSSR count). The van der Waals surface area contributed by atoms with Crippen LogP contribution in [-0.4, -0.2) is 40.4 Å². The van der Waals surface area contributed by atoms with Gasteiger partial charge in [0, 0.05) is 31.6 Å². The minimum absolute atomic E-state index is 0.0486. The lowest BCUT2D eigenvalue weighted by Gasteiger charge is -2.23. The van der Waals surface area contributed by atoms with Gasteiger partial charge in [0.1, 0.15) is 0 Å². The summed E-state index contributed by atoms with van der Waals surface area (Å²) in [6.45, 7) is 9.77. The molecule has 0 N–H and O–H groups in total. The fraction of sp³-hybridized carbons (Fsp3) is 0.625. The third kappa shape index (κ3) is 6.96. The molecule has 0 unspecified atom stereocenters. The van der Waals surface area contributed by atoms with E-state index in [9.17, 15) is 9.90 Å². The molecule has 118 valence electrons. The van der Waals surface area contributed by atoms with Crippen LogP contribution >= 0.6 is 11.8 Å². The van der Waals surface area contributed by atoms with Crippen LogP contribution in [0.4, 0.5) is 0 Å². The van der Waals surface area contributed by atoms with Gasteiger partial charge in [0.2, 0.25) is 0 Å². The molecule has 0 aliphatic rings. The number of carbonyl (C=O) groups excluding carboxylic acids is 1. The van der Waals surface area contributed by atoms with E-state index < -0.39 is 5.97 Å². The Bertz CT molecular complexity index is 441. The SMILES string of the molecule is CCSCCN(CC(=O)[O-])Cc1ccc(C(C)(C)C)cn1. The van der Waals surface area contributed by atoms with E-state index >= 15 is 0 Å². The summed E-state index contributed by atoms with van der Waals surface area (Å²) in [6.07, 6.45) is 1.88. The number of carboxylic acids is 1. The molecule has 0 aliphatic heterocycles. The van der Waals surface area contributed by atoms with Gasteiger partial charge in [-0.25, -0.2) is 0 Å². The number of aromatic nitrogens is 1. The fourth-order valence-electron chi connectivity index (χ4n) is 1.93. The minimum Gasteiger partial charge on any atom is -0.549 e. The first-order chi connectivity index (χ1) is 9.82. The topological polar surface area (TPSA) is 56.3 Å². The summed E-state index contributed by atoms with van der Waals surface area (Å²) in [7, 11) is 0. The Morgan fingerprint density at radius 3 is 2.57 bits per heavy atom. The Hall–Kier alpha value is -1.07. The molecule has 1 aromatic heterocycles. The number of carbonyl (C=O) groups is 1. The monoisotopic (exact) mass is 309 g/mol. The van der Waals surface area contributed by atoms with Gasteiger partial charge in [-0.15, -0.1) is 0 Å². The van der Waals surface area contributed by atoms with Crippen molar-refractivity contribution in [1.29, 1.82) is 0 Å². The Morgan fingerprint density at radius 1 is 1.38 bits per heavy atom. The molecule has 21 heavy (non-hydrogen) atoms. The first-order valence-corrected chi connectivity index (χ1v) is 8.43. The van der Waals surface area contributed by atoms with Crippen molar-refractivity contribution < 1.29 is 9.90 Å². The van der Waals surface area contributed by atoms with Crippen molar-refractivity contribution in [2.75, 3.05) is 24.6 Å². The number of hydrogen-bond donors (Lipinski definition) is 0. The van der Waals surface area contributed by atoms with Crippen molar-refractivity contribution in [3.05, 3.63) is 29.6 Å². The zero-order valence-corrected chi connectivity index (χ0v) is 14.2. The molecule has 0 radical (unpaired) electrons. The van der Waals surface area contributed by atoms with Crippen molar-refractivity contribution in [3.8, 4) is 0 Å². The molecule has 0 aromatic carbocycles. The van der Waals surface area contributed by atoms with Crippen molar-refractivity contribution in [1.82, 2.24) is 9.88 Å². The van der Waals surface area contributed by atoms with Crippen molar-refractivity contribution in [2.45, 2.75) is 39.7 Å². The number of aliphatic carboxylic acids is 1. The van der Waals surface area contributed by atoms with Crippen molar-refractivity contribution in [2.24, 2.45) is 0 Å².